The van der Waals surface area contributed by atoms with E-state index < -0.39 is 32.0 Å². The van der Waals surface area contributed by atoms with Crippen LogP contribution in [0.25, 0.3) is 0 Å². The van der Waals surface area contributed by atoms with Crippen LogP contribution in [-0.4, -0.2) is 62.0 Å². The van der Waals surface area contributed by atoms with Crippen molar-refractivity contribution in [3.8, 4) is 0 Å². The first-order valence-corrected chi connectivity index (χ1v) is 12.5. The molecule has 0 aliphatic rings. The number of carbonyl (C=O) groups is 2. The number of hydrogen-bond acceptors (Lipinski definition) is 6. The summed E-state index contributed by atoms with van der Waals surface area (Å²) in [4.78, 5) is 27.2. The van der Waals surface area contributed by atoms with Gasteiger partial charge in [0.2, 0.25) is 0 Å². The van der Waals surface area contributed by atoms with Crippen LogP contribution in [0.2, 0.25) is 0 Å². The quantitative estimate of drug-likeness (QED) is 0.251. The zero-order valence-corrected chi connectivity index (χ0v) is 19.6. The summed E-state index contributed by atoms with van der Waals surface area (Å²) in [6.07, 6.45) is 0.602. The van der Waals surface area contributed by atoms with Crippen LogP contribution in [-0.2, 0) is 20.0 Å². The molecule has 2 rings (SSSR count). The van der Waals surface area contributed by atoms with E-state index in [1.807, 2.05) is 0 Å². The van der Waals surface area contributed by atoms with Crippen molar-refractivity contribution in [2.75, 3.05) is 13.1 Å². The topological polar surface area (TPSA) is 199 Å². The van der Waals surface area contributed by atoms with E-state index in [9.17, 15) is 26.4 Å². The first kappa shape index (κ1) is 25.6. The first-order chi connectivity index (χ1) is 14.7. The number of carboxylic acid groups (broad SMARTS) is 2. The number of nitrogens with one attached hydrogen (secondary N) is 4. The number of H-pyrrole nitrogens is 2. The third-order valence-corrected chi connectivity index (χ3v) is 8.25. The van der Waals surface area contributed by atoms with Gasteiger partial charge >= 0.3 is 11.9 Å². The molecule has 0 bridgehead atoms. The lowest BCUT2D eigenvalue weighted by Gasteiger charge is -2.08. The van der Waals surface area contributed by atoms with Crippen molar-refractivity contribution in [2.24, 2.45) is 0 Å². The maximum atomic E-state index is 12.4. The van der Waals surface area contributed by atoms with Crippen LogP contribution in [0.15, 0.2) is 10.1 Å². The molecule has 0 unspecified atom stereocenters. The number of aromatic amines is 2. The normalized spacial score (nSPS) is 12.2. The maximum Gasteiger partial charge on any atom is 0.352 e. The molecule has 0 aliphatic carbocycles. The minimum Gasteiger partial charge on any atom is -0.477 e. The van der Waals surface area contributed by atoms with E-state index in [-0.39, 0.29) is 34.5 Å². The van der Waals surface area contributed by atoms with Crippen LogP contribution < -0.4 is 9.44 Å². The van der Waals surface area contributed by atoms with Gasteiger partial charge in [-0.3, -0.25) is 0 Å². The molecule has 0 saturated carbocycles. The average molecular weight is 491 g/mol. The zero-order valence-electron chi connectivity index (χ0n) is 18.0. The Labute approximate surface area is 185 Å². The van der Waals surface area contributed by atoms with Crippen LogP contribution in [0.3, 0.4) is 0 Å². The molecular formula is C18H26N4O8S2. The van der Waals surface area contributed by atoms with Gasteiger partial charge in [0.25, 0.3) is 20.0 Å². The standard InChI is InChI=1S/C18H26N4O8S2/c1-9-11(3)15(21-13(9)17(23)24)31(27,28)19-7-5-6-8-20-32(29,30)16-12(4)10(2)14(22-16)18(25)26/h19-22H,5-8H2,1-4H3,(H,23,24)(H,25,26). The number of hydrogen-bond donors (Lipinski definition) is 6. The Morgan fingerprint density at radius 1 is 0.688 bits per heavy atom. The summed E-state index contributed by atoms with van der Waals surface area (Å²) in [6, 6.07) is 0. The fourth-order valence-electron chi connectivity index (χ4n) is 3.09. The first-order valence-electron chi connectivity index (χ1n) is 9.55. The van der Waals surface area contributed by atoms with Crippen LogP contribution in [0.4, 0.5) is 0 Å². The molecule has 0 atom stereocenters. The largest absolute Gasteiger partial charge is 0.477 e. The lowest BCUT2D eigenvalue weighted by atomic mass is 10.2. The molecule has 12 nitrogen and oxygen atoms in total. The molecule has 0 aromatic carbocycles. The molecule has 14 heteroatoms. The highest BCUT2D eigenvalue weighted by atomic mass is 32.2. The second-order valence-corrected chi connectivity index (χ2v) is 10.7. The SMILES string of the molecule is Cc1c(C(=O)O)[nH]c(S(=O)(=O)NCCCCNS(=O)(=O)c2[nH]c(C(=O)O)c(C)c2C)c1C. The summed E-state index contributed by atoms with van der Waals surface area (Å²) in [5.41, 5.74) is 0.873. The van der Waals surface area contributed by atoms with Gasteiger partial charge in [-0.15, -0.1) is 0 Å². The number of aromatic carboxylic acids is 2. The fraction of sp³-hybridized carbons (Fsp3) is 0.444. The highest BCUT2D eigenvalue weighted by Gasteiger charge is 2.26. The number of carboxylic acids is 2. The Bertz CT molecular complexity index is 1160. The van der Waals surface area contributed by atoms with Gasteiger partial charge in [-0.05, 0) is 62.8 Å². The second-order valence-electron chi connectivity index (χ2n) is 7.27. The van der Waals surface area contributed by atoms with Gasteiger partial charge in [-0.1, -0.05) is 0 Å². The molecule has 0 saturated heterocycles. The van der Waals surface area contributed by atoms with Gasteiger partial charge in [0.05, 0.1) is 0 Å². The van der Waals surface area contributed by atoms with Crippen molar-refractivity contribution in [2.45, 2.75) is 50.6 Å². The van der Waals surface area contributed by atoms with Crippen molar-refractivity contribution >= 4 is 32.0 Å². The third-order valence-electron chi connectivity index (χ3n) is 5.19. The van der Waals surface area contributed by atoms with E-state index in [2.05, 4.69) is 19.4 Å². The van der Waals surface area contributed by atoms with Crippen molar-refractivity contribution < 1.29 is 36.6 Å². The molecular weight excluding hydrogens is 464 g/mol. The van der Waals surface area contributed by atoms with E-state index in [4.69, 9.17) is 10.2 Å². The molecule has 0 spiro atoms. The van der Waals surface area contributed by atoms with Crippen molar-refractivity contribution in [1.82, 2.24) is 19.4 Å². The van der Waals surface area contributed by atoms with Crippen molar-refractivity contribution in [1.29, 1.82) is 0 Å². The molecule has 2 aromatic heterocycles. The van der Waals surface area contributed by atoms with E-state index in [0.717, 1.165) is 0 Å². The maximum absolute atomic E-state index is 12.4. The fourth-order valence-corrected chi connectivity index (χ4v) is 5.79. The molecule has 0 fully saturated rings. The Kier molecular flexibility index (Phi) is 7.55. The predicted octanol–water partition coefficient (Wildman–Crippen LogP) is 1.01. The smallest absolute Gasteiger partial charge is 0.352 e. The van der Waals surface area contributed by atoms with Crippen LogP contribution in [0.5, 0.6) is 0 Å². The molecule has 2 heterocycles. The van der Waals surface area contributed by atoms with Gasteiger partial charge in [0, 0.05) is 13.1 Å². The van der Waals surface area contributed by atoms with E-state index in [1.165, 1.54) is 27.7 Å². The Hall–Kier alpha value is -2.68. The Morgan fingerprint density at radius 3 is 1.25 bits per heavy atom. The molecule has 0 radical (unpaired) electrons. The second kappa shape index (κ2) is 9.44. The number of sulfonamides is 2. The van der Waals surface area contributed by atoms with E-state index in [0.29, 0.717) is 35.1 Å². The molecule has 178 valence electrons. The van der Waals surface area contributed by atoms with E-state index in [1.54, 1.807) is 0 Å². The predicted molar refractivity (Wildman–Crippen MR) is 114 cm³/mol. The molecule has 2 aromatic rings. The molecule has 0 aliphatic heterocycles. The minimum absolute atomic E-state index is 0.00771. The van der Waals surface area contributed by atoms with E-state index >= 15 is 0 Å². The van der Waals surface area contributed by atoms with Gasteiger partial charge in [0.15, 0.2) is 10.1 Å². The number of rotatable bonds is 11. The third kappa shape index (κ3) is 5.20. The summed E-state index contributed by atoms with van der Waals surface area (Å²) in [5, 5.41) is 17.8. The summed E-state index contributed by atoms with van der Waals surface area (Å²) in [7, 11) is -7.94. The monoisotopic (exact) mass is 490 g/mol. The Morgan fingerprint density at radius 2 is 1.00 bits per heavy atom. The summed E-state index contributed by atoms with van der Waals surface area (Å²) in [6.45, 7) is 6.03. The van der Waals surface area contributed by atoms with Gasteiger partial charge in [-0.25, -0.2) is 35.9 Å². The molecule has 32 heavy (non-hydrogen) atoms. The lowest BCUT2D eigenvalue weighted by Crippen LogP contribution is -2.28. The average Bonchev–Trinajstić information content (AvgIpc) is 3.16. The number of aromatic nitrogens is 2. The van der Waals surface area contributed by atoms with Gasteiger partial charge in [-0.2, -0.15) is 0 Å². The van der Waals surface area contributed by atoms with Crippen LogP contribution >= 0.6 is 0 Å². The van der Waals surface area contributed by atoms with Gasteiger partial charge < -0.3 is 20.2 Å². The molecule has 6 N–H and O–H groups in total. The summed E-state index contributed by atoms with van der Waals surface area (Å²) < 4.78 is 54.5. The van der Waals surface area contributed by atoms with Crippen molar-refractivity contribution in [3.05, 3.63) is 33.6 Å². The molecule has 0 amide bonds. The van der Waals surface area contributed by atoms with Crippen molar-refractivity contribution in [3.63, 3.8) is 0 Å². The van der Waals surface area contributed by atoms with Crippen LogP contribution in [0, 0.1) is 27.7 Å². The lowest BCUT2D eigenvalue weighted by molar-refractivity contribution is 0.0679. The highest BCUT2D eigenvalue weighted by Crippen LogP contribution is 2.22. The highest BCUT2D eigenvalue weighted by molar-refractivity contribution is 7.89. The number of unbranched alkanes of at least 4 members (excludes halogenated alkanes) is 1. The zero-order chi connectivity index (χ0) is 24.4. The van der Waals surface area contributed by atoms with Crippen LogP contribution in [0.1, 0.15) is 56.1 Å². The minimum atomic E-state index is -3.97. The van der Waals surface area contributed by atoms with Gasteiger partial charge in [0.1, 0.15) is 11.4 Å². The Balaban J connectivity index is 1.92. The summed E-state index contributed by atoms with van der Waals surface area (Å²) >= 11 is 0. The summed E-state index contributed by atoms with van der Waals surface area (Å²) in [5.74, 6) is -2.52.